The first-order valence-electron chi connectivity index (χ1n) is 6.48. The highest BCUT2D eigenvalue weighted by Crippen LogP contribution is 2.27. The van der Waals surface area contributed by atoms with E-state index in [9.17, 15) is 0 Å². The molecule has 3 nitrogen and oxygen atoms in total. The average Bonchev–Trinajstić information content (AvgIpc) is 2.96. The molecule has 0 saturated carbocycles. The molecule has 21 heavy (non-hydrogen) atoms. The second-order valence-electron chi connectivity index (χ2n) is 4.63. The summed E-state index contributed by atoms with van der Waals surface area (Å²) < 4.78 is 6.31. The summed E-state index contributed by atoms with van der Waals surface area (Å²) >= 11 is 9.82. The second kappa shape index (κ2) is 6.41. The van der Waals surface area contributed by atoms with Gasteiger partial charge in [-0.15, -0.1) is 11.6 Å². The van der Waals surface area contributed by atoms with Crippen LogP contribution in [0.1, 0.15) is 28.2 Å². The maximum absolute atomic E-state index is 6.37. The third-order valence-electron chi connectivity index (χ3n) is 3.04. The zero-order valence-electron chi connectivity index (χ0n) is 11.0. The SMILES string of the molecule is ClC(c1ccccc1)c1nc(Cc2cccc(Br)c2)no1. The molecule has 0 aliphatic carbocycles. The number of rotatable bonds is 4. The Balaban J connectivity index is 1.77. The molecular weight excluding hydrogens is 352 g/mol. The summed E-state index contributed by atoms with van der Waals surface area (Å²) in [5, 5.41) is 3.58. The third kappa shape index (κ3) is 3.52. The van der Waals surface area contributed by atoms with Crippen molar-refractivity contribution in [3.8, 4) is 0 Å². The number of hydrogen-bond donors (Lipinski definition) is 0. The lowest BCUT2D eigenvalue weighted by Crippen LogP contribution is -1.95. The summed E-state index contributed by atoms with van der Waals surface area (Å²) in [6, 6.07) is 17.7. The van der Waals surface area contributed by atoms with Crippen LogP contribution in [-0.2, 0) is 6.42 Å². The molecule has 2 aromatic carbocycles. The quantitative estimate of drug-likeness (QED) is 0.628. The number of halogens is 2. The highest BCUT2D eigenvalue weighted by molar-refractivity contribution is 9.10. The molecular formula is C16H12BrClN2O. The zero-order chi connectivity index (χ0) is 14.7. The van der Waals surface area contributed by atoms with E-state index in [0.717, 1.165) is 15.6 Å². The van der Waals surface area contributed by atoms with Crippen LogP contribution < -0.4 is 0 Å². The fourth-order valence-electron chi connectivity index (χ4n) is 2.04. The van der Waals surface area contributed by atoms with Crippen LogP contribution in [0.4, 0.5) is 0 Å². The van der Waals surface area contributed by atoms with E-state index in [1.165, 1.54) is 0 Å². The van der Waals surface area contributed by atoms with Crippen molar-refractivity contribution in [3.63, 3.8) is 0 Å². The van der Waals surface area contributed by atoms with Crippen molar-refractivity contribution in [2.45, 2.75) is 11.8 Å². The molecule has 106 valence electrons. The zero-order valence-corrected chi connectivity index (χ0v) is 13.4. The maximum atomic E-state index is 6.37. The molecule has 0 radical (unpaired) electrons. The van der Waals surface area contributed by atoms with Gasteiger partial charge in [0.1, 0.15) is 5.38 Å². The molecule has 3 rings (SSSR count). The summed E-state index contributed by atoms with van der Waals surface area (Å²) in [5.41, 5.74) is 2.05. The van der Waals surface area contributed by atoms with Crippen molar-refractivity contribution < 1.29 is 4.52 Å². The third-order valence-corrected chi connectivity index (χ3v) is 3.98. The fraction of sp³-hybridized carbons (Fsp3) is 0.125. The Kier molecular flexibility index (Phi) is 4.36. The van der Waals surface area contributed by atoms with Gasteiger partial charge in [-0.3, -0.25) is 0 Å². The van der Waals surface area contributed by atoms with Crippen molar-refractivity contribution in [3.05, 3.63) is 81.9 Å². The topological polar surface area (TPSA) is 38.9 Å². The molecule has 0 spiro atoms. The minimum Gasteiger partial charge on any atom is -0.337 e. The molecule has 5 heteroatoms. The highest BCUT2D eigenvalue weighted by atomic mass is 79.9. The van der Waals surface area contributed by atoms with Crippen molar-refractivity contribution >= 4 is 27.5 Å². The Morgan fingerprint density at radius 3 is 2.67 bits per heavy atom. The van der Waals surface area contributed by atoms with Crippen LogP contribution in [0.5, 0.6) is 0 Å². The van der Waals surface area contributed by atoms with Gasteiger partial charge < -0.3 is 4.52 Å². The highest BCUT2D eigenvalue weighted by Gasteiger charge is 2.18. The Morgan fingerprint density at radius 1 is 1.10 bits per heavy atom. The molecule has 3 aromatic rings. The first-order chi connectivity index (χ1) is 10.2. The maximum Gasteiger partial charge on any atom is 0.249 e. The first kappa shape index (κ1) is 14.3. The predicted molar refractivity (Wildman–Crippen MR) is 85.4 cm³/mol. The number of alkyl halides is 1. The summed E-state index contributed by atoms with van der Waals surface area (Å²) in [7, 11) is 0. The Labute approximate surface area is 136 Å². The molecule has 0 bridgehead atoms. The van der Waals surface area contributed by atoms with Crippen LogP contribution in [-0.4, -0.2) is 10.1 Å². The van der Waals surface area contributed by atoms with Crippen molar-refractivity contribution in [2.24, 2.45) is 0 Å². The van der Waals surface area contributed by atoms with E-state index in [2.05, 4.69) is 26.1 Å². The van der Waals surface area contributed by atoms with E-state index in [0.29, 0.717) is 18.1 Å². The van der Waals surface area contributed by atoms with Gasteiger partial charge in [0.25, 0.3) is 0 Å². The van der Waals surface area contributed by atoms with Gasteiger partial charge in [0, 0.05) is 10.9 Å². The standard InChI is InChI=1S/C16H12BrClN2O/c17-13-8-4-5-11(9-13)10-14-19-16(21-20-14)15(18)12-6-2-1-3-7-12/h1-9,15H,10H2. The Bertz CT molecular complexity index is 730. The smallest absolute Gasteiger partial charge is 0.249 e. The molecule has 0 N–H and O–H groups in total. The molecule has 1 unspecified atom stereocenters. The van der Waals surface area contributed by atoms with Crippen LogP contribution >= 0.6 is 27.5 Å². The van der Waals surface area contributed by atoms with Crippen molar-refractivity contribution in [1.29, 1.82) is 0 Å². The van der Waals surface area contributed by atoms with Crippen LogP contribution in [0.2, 0.25) is 0 Å². The van der Waals surface area contributed by atoms with Crippen LogP contribution in [0, 0.1) is 0 Å². The molecule has 0 amide bonds. The number of hydrogen-bond acceptors (Lipinski definition) is 3. The van der Waals surface area contributed by atoms with Gasteiger partial charge in [-0.2, -0.15) is 4.98 Å². The lowest BCUT2D eigenvalue weighted by molar-refractivity contribution is 0.377. The molecule has 1 aromatic heterocycles. The molecule has 0 fully saturated rings. The number of nitrogens with zero attached hydrogens (tertiary/aromatic N) is 2. The monoisotopic (exact) mass is 362 g/mol. The van der Waals surface area contributed by atoms with Crippen LogP contribution in [0.15, 0.2) is 63.6 Å². The van der Waals surface area contributed by atoms with Gasteiger partial charge in [0.15, 0.2) is 5.82 Å². The normalized spacial score (nSPS) is 12.3. The number of benzene rings is 2. The van der Waals surface area contributed by atoms with E-state index < -0.39 is 5.38 Å². The summed E-state index contributed by atoms with van der Waals surface area (Å²) in [5.74, 6) is 1.05. The minimum atomic E-state index is -0.421. The van der Waals surface area contributed by atoms with E-state index >= 15 is 0 Å². The largest absolute Gasteiger partial charge is 0.337 e. The summed E-state index contributed by atoms with van der Waals surface area (Å²) in [6.45, 7) is 0. The van der Waals surface area contributed by atoms with E-state index in [1.54, 1.807) is 0 Å². The Morgan fingerprint density at radius 2 is 1.90 bits per heavy atom. The van der Waals surface area contributed by atoms with Crippen molar-refractivity contribution in [2.75, 3.05) is 0 Å². The van der Waals surface area contributed by atoms with Gasteiger partial charge in [-0.1, -0.05) is 63.6 Å². The van der Waals surface area contributed by atoms with Gasteiger partial charge >= 0.3 is 0 Å². The van der Waals surface area contributed by atoms with Crippen molar-refractivity contribution in [1.82, 2.24) is 10.1 Å². The summed E-state index contributed by atoms with van der Waals surface area (Å²) in [4.78, 5) is 4.39. The lowest BCUT2D eigenvalue weighted by atomic mass is 10.1. The predicted octanol–water partition coefficient (Wildman–Crippen LogP) is 4.75. The molecule has 0 saturated heterocycles. The van der Waals surface area contributed by atoms with Crippen LogP contribution in [0.25, 0.3) is 0 Å². The molecule has 1 heterocycles. The Hall–Kier alpha value is -1.65. The van der Waals surface area contributed by atoms with Gasteiger partial charge in [-0.05, 0) is 23.3 Å². The fourth-order valence-corrected chi connectivity index (χ4v) is 2.72. The van der Waals surface area contributed by atoms with Gasteiger partial charge in [-0.25, -0.2) is 0 Å². The van der Waals surface area contributed by atoms with E-state index in [1.807, 2.05) is 54.6 Å². The first-order valence-corrected chi connectivity index (χ1v) is 7.71. The van der Waals surface area contributed by atoms with E-state index in [-0.39, 0.29) is 0 Å². The van der Waals surface area contributed by atoms with Crippen LogP contribution in [0.3, 0.4) is 0 Å². The average molecular weight is 364 g/mol. The lowest BCUT2D eigenvalue weighted by Gasteiger charge is -2.03. The minimum absolute atomic E-state index is 0.421. The van der Waals surface area contributed by atoms with E-state index in [4.69, 9.17) is 16.1 Å². The molecule has 0 aliphatic rings. The van der Waals surface area contributed by atoms with Gasteiger partial charge in [0.2, 0.25) is 5.89 Å². The molecule has 1 atom stereocenters. The van der Waals surface area contributed by atoms with Gasteiger partial charge in [0.05, 0.1) is 0 Å². The summed E-state index contributed by atoms with van der Waals surface area (Å²) in [6.07, 6.45) is 0.612. The number of aromatic nitrogens is 2. The second-order valence-corrected chi connectivity index (χ2v) is 5.98. The molecule has 0 aliphatic heterocycles.